The molecule has 0 aromatic heterocycles. The monoisotopic (exact) mass is 300 g/mol. The lowest BCUT2D eigenvalue weighted by Crippen LogP contribution is -2.10. The SMILES string of the molecule is Cc1ccc(S(F)(F)(F)(F)C#Cc2ccccc2)cc1. The minimum Gasteiger partial charge on any atom is -0.110 e. The molecule has 0 heterocycles. The summed E-state index contributed by atoms with van der Waals surface area (Å²) in [5, 5.41) is 0.965. The fraction of sp³-hybridized carbons (Fsp3) is 0.0667. The highest BCUT2D eigenvalue weighted by Crippen LogP contribution is 3.00. The lowest BCUT2D eigenvalue weighted by atomic mass is 10.2. The number of aryl methyl sites for hydroxylation is 1. The van der Waals surface area contributed by atoms with Gasteiger partial charge in [-0.15, -0.1) is 15.5 Å². The molecule has 0 atom stereocenters. The number of benzene rings is 2. The largest absolute Gasteiger partial charge is 0.240 e. The Morgan fingerprint density at radius 1 is 0.800 bits per heavy atom. The van der Waals surface area contributed by atoms with Crippen LogP contribution >= 0.6 is 9.84 Å². The van der Waals surface area contributed by atoms with E-state index in [1.807, 2.05) is 5.92 Å². The van der Waals surface area contributed by atoms with Crippen LogP contribution in [0.5, 0.6) is 0 Å². The summed E-state index contributed by atoms with van der Waals surface area (Å²) in [6, 6.07) is 11.4. The van der Waals surface area contributed by atoms with E-state index < -0.39 is 14.7 Å². The van der Waals surface area contributed by atoms with Crippen molar-refractivity contribution in [2.45, 2.75) is 11.8 Å². The Morgan fingerprint density at radius 2 is 1.35 bits per heavy atom. The number of rotatable bonds is 1. The molecular formula is C15H12F4S. The number of hydrogen-bond donors (Lipinski definition) is 0. The van der Waals surface area contributed by atoms with Gasteiger partial charge in [0, 0.05) is 10.8 Å². The van der Waals surface area contributed by atoms with Crippen molar-refractivity contribution in [3.05, 3.63) is 65.7 Å². The van der Waals surface area contributed by atoms with Gasteiger partial charge in [0.15, 0.2) is 0 Å². The van der Waals surface area contributed by atoms with Gasteiger partial charge in [0.1, 0.15) is 0 Å². The van der Waals surface area contributed by atoms with E-state index in [2.05, 4.69) is 0 Å². The zero-order valence-electron chi connectivity index (χ0n) is 10.6. The zero-order chi connectivity index (χ0) is 14.9. The Balaban J connectivity index is 2.55. The van der Waals surface area contributed by atoms with Gasteiger partial charge in [-0.25, -0.2) is 0 Å². The van der Waals surface area contributed by atoms with Crippen molar-refractivity contribution < 1.29 is 15.5 Å². The summed E-state index contributed by atoms with van der Waals surface area (Å²) in [7, 11) is -8.57. The first-order valence-corrected chi connectivity index (χ1v) is 7.81. The molecule has 0 aliphatic heterocycles. The Kier molecular flexibility index (Phi) is 2.92. The Morgan fingerprint density at radius 3 is 1.90 bits per heavy atom. The molecule has 0 bridgehead atoms. The topological polar surface area (TPSA) is 0 Å². The second-order valence-corrected chi connectivity index (χ2v) is 7.29. The Hall–Kier alpha value is -1.93. The van der Waals surface area contributed by atoms with Crippen LogP contribution in [-0.2, 0) is 0 Å². The van der Waals surface area contributed by atoms with Crippen LogP contribution in [0.1, 0.15) is 11.1 Å². The molecule has 0 saturated carbocycles. The summed E-state index contributed by atoms with van der Waals surface area (Å²) in [6.45, 7) is 1.63. The fourth-order valence-electron chi connectivity index (χ4n) is 1.55. The first-order chi connectivity index (χ1) is 9.09. The predicted octanol–water partition coefficient (Wildman–Crippen LogP) is 5.78. The van der Waals surface area contributed by atoms with Crippen LogP contribution in [-0.4, -0.2) is 0 Å². The van der Waals surface area contributed by atoms with Gasteiger partial charge < -0.3 is 0 Å². The summed E-state index contributed by atoms with van der Waals surface area (Å²) in [4.78, 5) is -1.32. The van der Waals surface area contributed by atoms with Crippen molar-refractivity contribution in [1.82, 2.24) is 0 Å². The van der Waals surface area contributed by atoms with Crippen molar-refractivity contribution in [3.63, 3.8) is 0 Å². The summed E-state index contributed by atoms with van der Waals surface area (Å²) >= 11 is 0. The highest BCUT2D eigenvalue weighted by molar-refractivity contribution is 8.53. The van der Waals surface area contributed by atoms with Gasteiger partial charge in [-0.05, 0) is 37.1 Å². The maximum Gasteiger partial charge on any atom is 0.240 e. The average Bonchev–Trinajstić information content (AvgIpc) is 2.37. The van der Waals surface area contributed by atoms with Gasteiger partial charge in [0.25, 0.3) is 0 Å². The van der Waals surface area contributed by atoms with Crippen molar-refractivity contribution in [3.8, 4) is 11.2 Å². The van der Waals surface area contributed by atoms with E-state index in [4.69, 9.17) is 0 Å². The minimum atomic E-state index is -8.57. The van der Waals surface area contributed by atoms with Crippen LogP contribution in [0.25, 0.3) is 0 Å². The molecule has 0 fully saturated rings. The fourth-order valence-corrected chi connectivity index (χ4v) is 2.68. The second kappa shape index (κ2) is 4.03. The highest BCUT2D eigenvalue weighted by atomic mass is 32.5. The van der Waals surface area contributed by atoms with Gasteiger partial charge in [-0.1, -0.05) is 35.9 Å². The molecule has 20 heavy (non-hydrogen) atoms. The van der Waals surface area contributed by atoms with Gasteiger partial charge >= 0.3 is 0 Å². The van der Waals surface area contributed by atoms with Crippen molar-refractivity contribution in [1.29, 1.82) is 0 Å². The second-order valence-electron chi connectivity index (χ2n) is 4.48. The maximum atomic E-state index is 14.0. The third kappa shape index (κ3) is 3.14. The van der Waals surface area contributed by atoms with Crippen LogP contribution in [0, 0.1) is 18.1 Å². The van der Waals surface area contributed by atoms with E-state index >= 15 is 0 Å². The average molecular weight is 300 g/mol. The van der Waals surface area contributed by atoms with Gasteiger partial charge in [-0.2, -0.15) is 0 Å². The van der Waals surface area contributed by atoms with Crippen LogP contribution < -0.4 is 0 Å². The molecule has 5 heteroatoms. The molecule has 0 unspecified atom stereocenters. The lowest BCUT2D eigenvalue weighted by Gasteiger charge is -2.44. The number of hydrogen-bond acceptors (Lipinski definition) is 0. The third-order valence-corrected chi connectivity index (χ3v) is 4.40. The molecular weight excluding hydrogens is 288 g/mol. The molecule has 0 nitrogen and oxygen atoms in total. The summed E-state index contributed by atoms with van der Waals surface area (Å²) < 4.78 is 55.8. The van der Waals surface area contributed by atoms with E-state index in [0.29, 0.717) is 5.56 Å². The third-order valence-electron chi connectivity index (χ3n) is 2.67. The van der Waals surface area contributed by atoms with E-state index in [-0.39, 0.29) is 5.56 Å². The van der Waals surface area contributed by atoms with E-state index in [1.54, 1.807) is 25.1 Å². The van der Waals surface area contributed by atoms with Crippen molar-refractivity contribution in [2.24, 2.45) is 0 Å². The summed E-state index contributed by atoms with van der Waals surface area (Å²) in [5.74, 6) is 1.88. The number of halogens is 4. The zero-order valence-corrected chi connectivity index (χ0v) is 11.4. The molecule has 2 aromatic carbocycles. The Labute approximate surface area is 114 Å². The van der Waals surface area contributed by atoms with Crippen LogP contribution in [0.2, 0.25) is 0 Å². The first kappa shape index (κ1) is 14.5. The van der Waals surface area contributed by atoms with E-state index in [1.165, 1.54) is 24.3 Å². The molecule has 2 aromatic rings. The molecule has 0 amide bonds. The standard InChI is InChI=1S/C15H12F4S/c1-13-7-9-15(10-8-13)20(16,17,18,19)12-11-14-5-3-2-4-6-14/h2-10H,1H3. The summed E-state index contributed by atoms with van der Waals surface area (Å²) in [5.41, 5.74) is 0.744. The van der Waals surface area contributed by atoms with Crippen LogP contribution in [0.15, 0.2) is 59.5 Å². The van der Waals surface area contributed by atoms with Crippen LogP contribution in [0.4, 0.5) is 15.5 Å². The molecule has 0 N–H and O–H groups in total. The lowest BCUT2D eigenvalue weighted by molar-refractivity contribution is 0.470. The maximum absolute atomic E-state index is 14.0. The quantitative estimate of drug-likeness (QED) is 0.463. The molecule has 106 valence electrons. The van der Waals surface area contributed by atoms with Crippen molar-refractivity contribution in [2.75, 3.05) is 0 Å². The summed E-state index contributed by atoms with van der Waals surface area (Å²) in [6.07, 6.45) is 0. The highest BCUT2D eigenvalue weighted by Gasteiger charge is 2.63. The normalized spacial score (nSPS) is 14.7. The smallest absolute Gasteiger partial charge is 0.110 e. The molecule has 2 rings (SSSR count). The predicted molar refractivity (Wildman–Crippen MR) is 74.8 cm³/mol. The molecule has 0 radical (unpaired) electrons. The minimum absolute atomic E-state index is 0.121. The molecule has 0 saturated heterocycles. The molecule has 0 aliphatic rings. The Bertz CT molecular complexity index is 688. The van der Waals surface area contributed by atoms with Crippen LogP contribution in [0.3, 0.4) is 0 Å². The van der Waals surface area contributed by atoms with E-state index in [9.17, 15) is 15.5 Å². The van der Waals surface area contributed by atoms with Gasteiger partial charge in [0.05, 0.1) is 4.90 Å². The first-order valence-electron chi connectivity index (χ1n) is 5.76. The van der Waals surface area contributed by atoms with Gasteiger partial charge in [0.2, 0.25) is 9.84 Å². The van der Waals surface area contributed by atoms with Crippen molar-refractivity contribution >= 4 is 9.84 Å². The molecule has 0 spiro atoms. The van der Waals surface area contributed by atoms with E-state index in [0.717, 1.165) is 17.4 Å². The molecule has 0 aliphatic carbocycles. The van der Waals surface area contributed by atoms with Gasteiger partial charge in [-0.3, -0.25) is 0 Å².